The largest absolute Gasteiger partial charge is 0.389 e. The first-order chi connectivity index (χ1) is 14.2. The lowest BCUT2D eigenvalue weighted by molar-refractivity contribution is -0.00506. The van der Waals surface area contributed by atoms with Crippen LogP contribution >= 0.6 is 0 Å². The summed E-state index contributed by atoms with van der Waals surface area (Å²) in [6, 6.07) is 12.3. The van der Waals surface area contributed by atoms with Gasteiger partial charge in [0, 0.05) is 38.7 Å². The second kappa shape index (κ2) is 8.83. The number of piperidine rings is 1. The Bertz CT molecular complexity index is 1020. The van der Waals surface area contributed by atoms with Crippen LogP contribution in [0.5, 0.6) is 0 Å². The number of halogens is 1. The van der Waals surface area contributed by atoms with Crippen molar-refractivity contribution >= 4 is 15.9 Å². The fourth-order valence-corrected chi connectivity index (χ4v) is 5.11. The number of nitrogens with zero attached hydrogens (tertiary/aromatic N) is 2. The van der Waals surface area contributed by atoms with Crippen LogP contribution in [0.15, 0.2) is 53.4 Å². The second-order valence-electron chi connectivity index (χ2n) is 7.74. The average Bonchev–Trinajstić information content (AvgIpc) is 2.74. The Hall–Kier alpha value is -2.29. The van der Waals surface area contributed by atoms with Crippen molar-refractivity contribution < 1.29 is 22.7 Å². The molecular formula is C22H27FN2O4S. The Labute approximate surface area is 177 Å². The summed E-state index contributed by atoms with van der Waals surface area (Å²) in [7, 11) is -2.15. The minimum Gasteiger partial charge on any atom is -0.389 e. The third kappa shape index (κ3) is 4.71. The van der Waals surface area contributed by atoms with E-state index in [1.807, 2.05) is 6.92 Å². The molecular weight excluding hydrogens is 407 g/mol. The maximum absolute atomic E-state index is 13.9. The third-order valence-corrected chi connectivity index (χ3v) is 7.56. The number of amides is 1. The molecule has 1 saturated heterocycles. The number of rotatable bonds is 6. The highest BCUT2D eigenvalue weighted by atomic mass is 32.2. The predicted molar refractivity (Wildman–Crippen MR) is 112 cm³/mol. The van der Waals surface area contributed by atoms with Crippen molar-refractivity contribution in [3.05, 3.63) is 65.5 Å². The number of carbonyl (C=O) groups excluding carboxylic acids is 1. The van der Waals surface area contributed by atoms with Crippen LogP contribution in [0.3, 0.4) is 0 Å². The van der Waals surface area contributed by atoms with Crippen LogP contribution in [0, 0.1) is 5.82 Å². The zero-order chi connectivity index (χ0) is 21.9. The molecule has 0 aromatic heterocycles. The Kier molecular flexibility index (Phi) is 6.59. The molecule has 0 unspecified atom stereocenters. The van der Waals surface area contributed by atoms with Gasteiger partial charge in [-0.25, -0.2) is 12.8 Å². The number of hydrogen-bond acceptors (Lipinski definition) is 4. The Balaban J connectivity index is 1.73. The van der Waals surface area contributed by atoms with Gasteiger partial charge in [-0.3, -0.25) is 4.79 Å². The predicted octanol–water partition coefficient (Wildman–Crippen LogP) is 2.68. The molecule has 1 N–H and O–H groups in total. The SMILES string of the molecule is CCN(C)C(=O)c1cccc(S(=O)(=O)N2CCC(O)(Cc3ccccc3F)CC2)c1. The number of carbonyl (C=O) groups is 1. The first kappa shape index (κ1) is 22.4. The molecule has 0 bridgehead atoms. The van der Waals surface area contributed by atoms with E-state index in [1.54, 1.807) is 37.4 Å². The number of sulfonamides is 1. The van der Waals surface area contributed by atoms with Gasteiger partial charge in [0.1, 0.15) is 5.82 Å². The summed E-state index contributed by atoms with van der Waals surface area (Å²) in [4.78, 5) is 13.9. The van der Waals surface area contributed by atoms with E-state index in [0.717, 1.165) is 0 Å². The highest BCUT2D eigenvalue weighted by molar-refractivity contribution is 7.89. The molecule has 162 valence electrons. The molecule has 1 fully saturated rings. The van der Waals surface area contributed by atoms with Gasteiger partial charge in [0.25, 0.3) is 5.91 Å². The molecule has 1 aliphatic heterocycles. The quantitative estimate of drug-likeness (QED) is 0.758. The van der Waals surface area contributed by atoms with Gasteiger partial charge in [0.15, 0.2) is 0 Å². The van der Waals surface area contributed by atoms with Gasteiger partial charge in [0.05, 0.1) is 10.5 Å². The van der Waals surface area contributed by atoms with Crippen LogP contribution in [-0.2, 0) is 16.4 Å². The second-order valence-corrected chi connectivity index (χ2v) is 9.68. The summed E-state index contributed by atoms with van der Waals surface area (Å²) >= 11 is 0. The summed E-state index contributed by atoms with van der Waals surface area (Å²) in [6.07, 6.45) is 0.552. The van der Waals surface area contributed by atoms with Crippen LogP contribution in [-0.4, -0.2) is 60.9 Å². The highest BCUT2D eigenvalue weighted by Crippen LogP contribution is 2.30. The lowest BCUT2D eigenvalue weighted by atomic mass is 9.86. The third-order valence-electron chi connectivity index (χ3n) is 5.67. The van der Waals surface area contributed by atoms with Gasteiger partial charge in [-0.1, -0.05) is 24.3 Å². The van der Waals surface area contributed by atoms with Crippen LogP contribution < -0.4 is 0 Å². The van der Waals surface area contributed by atoms with E-state index in [4.69, 9.17) is 0 Å². The minimum absolute atomic E-state index is 0.0531. The Morgan fingerprint density at radius 2 is 1.83 bits per heavy atom. The summed E-state index contributed by atoms with van der Waals surface area (Å²) in [5.41, 5.74) is -0.424. The van der Waals surface area contributed by atoms with E-state index < -0.39 is 15.6 Å². The van der Waals surface area contributed by atoms with Crippen LogP contribution in [0.25, 0.3) is 0 Å². The lowest BCUT2D eigenvalue weighted by Gasteiger charge is -2.37. The first-order valence-electron chi connectivity index (χ1n) is 9.98. The van der Waals surface area contributed by atoms with Crippen LogP contribution in [0.2, 0.25) is 0 Å². The number of hydrogen-bond donors (Lipinski definition) is 1. The first-order valence-corrected chi connectivity index (χ1v) is 11.4. The van der Waals surface area contributed by atoms with Crippen molar-refractivity contribution in [3.63, 3.8) is 0 Å². The van der Waals surface area contributed by atoms with E-state index in [0.29, 0.717) is 17.7 Å². The maximum Gasteiger partial charge on any atom is 0.253 e. The van der Waals surface area contributed by atoms with Gasteiger partial charge in [-0.15, -0.1) is 0 Å². The molecule has 0 aliphatic carbocycles. The number of aliphatic hydroxyl groups is 1. The zero-order valence-electron chi connectivity index (χ0n) is 17.2. The average molecular weight is 435 g/mol. The lowest BCUT2D eigenvalue weighted by Crippen LogP contribution is -2.47. The van der Waals surface area contributed by atoms with Crippen molar-refractivity contribution in [1.82, 2.24) is 9.21 Å². The smallest absolute Gasteiger partial charge is 0.253 e. The van der Waals surface area contributed by atoms with Gasteiger partial charge >= 0.3 is 0 Å². The fraction of sp³-hybridized carbons (Fsp3) is 0.409. The van der Waals surface area contributed by atoms with Crippen LogP contribution in [0.4, 0.5) is 4.39 Å². The molecule has 1 heterocycles. The minimum atomic E-state index is -3.80. The summed E-state index contributed by atoms with van der Waals surface area (Å²) in [5.74, 6) is -0.619. The van der Waals surface area contributed by atoms with Crippen molar-refractivity contribution in [2.24, 2.45) is 0 Å². The maximum atomic E-state index is 13.9. The molecule has 1 aliphatic rings. The Morgan fingerprint density at radius 1 is 1.17 bits per heavy atom. The van der Waals surface area contributed by atoms with E-state index in [9.17, 15) is 22.7 Å². The molecule has 2 aromatic rings. The molecule has 3 rings (SSSR count). The molecule has 8 heteroatoms. The van der Waals surface area contributed by atoms with Crippen molar-refractivity contribution in [2.75, 3.05) is 26.7 Å². The van der Waals surface area contributed by atoms with Gasteiger partial charge in [-0.2, -0.15) is 4.31 Å². The normalized spacial score (nSPS) is 16.9. The van der Waals surface area contributed by atoms with Crippen molar-refractivity contribution in [3.8, 4) is 0 Å². The molecule has 0 saturated carbocycles. The van der Waals surface area contributed by atoms with E-state index in [-0.39, 0.29) is 49.0 Å². The molecule has 6 nitrogen and oxygen atoms in total. The monoisotopic (exact) mass is 434 g/mol. The molecule has 0 radical (unpaired) electrons. The highest BCUT2D eigenvalue weighted by Gasteiger charge is 2.37. The van der Waals surface area contributed by atoms with Gasteiger partial charge in [0.2, 0.25) is 10.0 Å². The van der Waals surface area contributed by atoms with E-state index in [1.165, 1.54) is 27.4 Å². The summed E-state index contributed by atoms with van der Waals surface area (Å²) < 4.78 is 41.4. The molecule has 1 amide bonds. The fourth-order valence-electron chi connectivity index (χ4n) is 3.62. The van der Waals surface area contributed by atoms with E-state index in [2.05, 4.69) is 0 Å². The Morgan fingerprint density at radius 3 is 2.47 bits per heavy atom. The van der Waals surface area contributed by atoms with Gasteiger partial charge < -0.3 is 10.0 Å². The zero-order valence-corrected chi connectivity index (χ0v) is 18.0. The molecule has 2 aromatic carbocycles. The summed E-state index contributed by atoms with van der Waals surface area (Å²) in [5, 5.41) is 10.9. The molecule has 0 atom stereocenters. The van der Waals surface area contributed by atoms with Crippen LogP contribution in [0.1, 0.15) is 35.7 Å². The summed E-state index contributed by atoms with van der Waals surface area (Å²) in [6.45, 7) is 2.61. The molecule has 0 spiro atoms. The molecule has 30 heavy (non-hydrogen) atoms. The van der Waals surface area contributed by atoms with Gasteiger partial charge in [-0.05, 0) is 49.6 Å². The van der Waals surface area contributed by atoms with Crippen molar-refractivity contribution in [2.45, 2.75) is 36.7 Å². The topological polar surface area (TPSA) is 77.9 Å². The van der Waals surface area contributed by atoms with E-state index >= 15 is 0 Å². The number of benzene rings is 2. The standard InChI is InChI=1S/C22H27FN2O4S/c1-3-24(2)21(26)17-8-6-9-19(15-17)30(28,29)25-13-11-22(27,12-14-25)16-18-7-4-5-10-20(18)23/h4-10,15,27H,3,11-14,16H2,1-2H3. The van der Waals surface area contributed by atoms with Crippen molar-refractivity contribution in [1.29, 1.82) is 0 Å².